The molecule has 0 spiro atoms. The number of hydrogen-bond donors (Lipinski definition) is 2. The number of benzene rings is 1. The molecule has 1 aromatic heterocycles. The van der Waals surface area contributed by atoms with Crippen LogP contribution in [0.25, 0.3) is 0 Å². The molecule has 3 aliphatic heterocycles. The van der Waals surface area contributed by atoms with Gasteiger partial charge in [-0.05, 0) is 44.6 Å². The average Bonchev–Trinajstić information content (AvgIpc) is 3.37. The molecule has 5 rings (SSSR count). The molecule has 1 fully saturated rings. The maximum absolute atomic E-state index is 13.9. The Balaban J connectivity index is 1.51. The van der Waals surface area contributed by atoms with Crippen LogP contribution in [-0.2, 0) is 6.54 Å². The molecule has 0 saturated carbocycles. The molecule has 196 valence electrons. The van der Waals surface area contributed by atoms with E-state index in [-0.39, 0.29) is 24.0 Å². The van der Waals surface area contributed by atoms with Gasteiger partial charge < -0.3 is 20.1 Å². The smallest absolute Gasteiger partial charge is 0.278 e. The third kappa shape index (κ3) is 4.92. The van der Waals surface area contributed by atoms with Crippen molar-refractivity contribution in [3.05, 3.63) is 69.4 Å². The Kier molecular flexibility index (Phi) is 7.16. The van der Waals surface area contributed by atoms with Gasteiger partial charge >= 0.3 is 0 Å². The third-order valence-electron chi connectivity index (χ3n) is 7.15. The number of fused-ring (bicyclic) bond motifs is 4. The summed E-state index contributed by atoms with van der Waals surface area (Å²) in [6.07, 6.45) is 11.3. The number of amides is 2. The highest BCUT2D eigenvalue weighted by molar-refractivity contribution is 5.99. The minimum Gasteiger partial charge on any atom is -0.502 e. The Labute approximate surface area is 214 Å². The van der Waals surface area contributed by atoms with Crippen LogP contribution in [0.2, 0.25) is 0 Å². The molecule has 1 saturated heterocycles. The number of pyridine rings is 1. The lowest BCUT2D eigenvalue weighted by atomic mass is 10.1. The predicted octanol–water partition coefficient (Wildman–Crippen LogP) is 3.04. The van der Waals surface area contributed by atoms with Crippen molar-refractivity contribution in [1.29, 1.82) is 0 Å². The van der Waals surface area contributed by atoms with Gasteiger partial charge in [0, 0.05) is 37.5 Å². The second-order valence-corrected chi connectivity index (χ2v) is 9.59. The van der Waals surface area contributed by atoms with Gasteiger partial charge in [-0.25, -0.2) is 4.39 Å². The molecule has 1 aromatic carbocycles. The molecule has 0 radical (unpaired) electrons. The normalized spacial score (nSPS) is 21.6. The van der Waals surface area contributed by atoms with E-state index in [1.54, 1.807) is 4.90 Å². The van der Waals surface area contributed by atoms with Gasteiger partial charge in [-0.1, -0.05) is 24.6 Å². The Bertz CT molecular complexity index is 1290. The summed E-state index contributed by atoms with van der Waals surface area (Å²) in [5, 5.41) is 15.5. The Morgan fingerprint density at radius 1 is 1.03 bits per heavy atom. The van der Waals surface area contributed by atoms with Crippen molar-refractivity contribution < 1.29 is 23.8 Å². The SMILES string of the molecule is O=C1NCc2ccc(F)cc2OCC/C=C\CCCCCN2[C@H]3CCCN3C(=O)c3c(O)c(=O)c1cn32. The van der Waals surface area contributed by atoms with E-state index in [0.717, 1.165) is 38.5 Å². The fraction of sp³-hybridized carbons (Fsp3) is 0.444. The molecular weight excluding hydrogens is 479 g/mol. The number of aromatic nitrogens is 1. The highest BCUT2D eigenvalue weighted by Crippen LogP contribution is 2.31. The van der Waals surface area contributed by atoms with E-state index in [2.05, 4.69) is 11.4 Å². The zero-order valence-electron chi connectivity index (χ0n) is 20.6. The van der Waals surface area contributed by atoms with Gasteiger partial charge in [0.1, 0.15) is 23.3 Å². The van der Waals surface area contributed by atoms with Crippen molar-refractivity contribution in [1.82, 2.24) is 14.9 Å². The molecule has 1 atom stereocenters. The van der Waals surface area contributed by atoms with Gasteiger partial charge in [0.05, 0.1) is 6.61 Å². The molecule has 2 aromatic rings. The second kappa shape index (κ2) is 10.7. The summed E-state index contributed by atoms with van der Waals surface area (Å²) >= 11 is 0. The number of hydrogen-bond acceptors (Lipinski definition) is 6. The van der Waals surface area contributed by atoms with E-state index < -0.39 is 28.8 Å². The fourth-order valence-electron chi connectivity index (χ4n) is 5.25. The first-order valence-corrected chi connectivity index (χ1v) is 12.9. The molecule has 37 heavy (non-hydrogen) atoms. The maximum Gasteiger partial charge on any atom is 0.278 e. The van der Waals surface area contributed by atoms with Crippen LogP contribution < -0.4 is 20.5 Å². The summed E-state index contributed by atoms with van der Waals surface area (Å²) in [6.45, 7) is 1.52. The van der Waals surface area contributed by atoms with Crippen molar-refractivity contribution >= 4 is 11.8 Å². The van der Waals surface area contributed by atoms with Crippen LogP contribution in [0, 0.1) is 5.82 Å². The summed E-state index contributed by atoms with van der Waals surface area (Å²) in [4.78, 5) is 41.0. The second-order valence-electron chi connectivity index (χ2n) is 9.59. The highest BCUT2D eigenvalue weighted by atomic mass is 19.1. The standard InChI is InChI=1S/C27H31FN4O5/c28-19-11-10-18-16-29-26(35)20-17-32-23(25(34)24(20)33)27(36)30-12-8-9-22(30)31(32)13-6-4-2-1-3-5-7-14-37-21(18)15-19/h3,5,10-11,15,17,22,34H,1-2,4,6-9,12-14,16H2,(H,29,35)/b5-3-/t22-/m0/s1. The quantitative estimate of drug-likeness (QED) is 0.528. The van der Waals surface area contributed by atoms with Crippen LogP contribution in [0.3, 0.4) is 0 Å². The number of halogens is 1. The number of aromatic hydroxyl groups is 1. The number of allylic oxidation sites excluding steroid dienone is 1. The summed E-state index contributed by atoms with van der Waals surface area (Å²) in [5.74, 6) is -1.97. The minimum atomic E-state index is -0.901. The number of carbonyl (C=O) groups is 2. The summed E-state index contributed by atoms with van der Waals surface area (Å²) in [7, 11) is 0. The van der Waals surface area contributed by atoms with E-state index >= 15 is 0 Å². The molecule has 0 aliphatic carbocycles. The number of ether oxygens (including phenoxy) is 1. The van der Waals surface area contributed by atoms with Gasteiger partial charge in [-0.3, -0.25) is 24.1 Å². The number of nitrogens with one attached hydrogen (secondary N) is 1. The largest absolute Gasteiger partial charge is 0.502 e. The van der Waals surface area contributed by atoms with Crippen molar-refractivity contribution in [3.63, 3.8) is 0 Å². The molecule has 3 aliphatic rings. The van der Waals surface area contributed by atoms with E-state index in [4.69, 9.17) is 4.74 Å². The lowest BCUT2D eigenvalue weighted by Gasteiger charge is -2.43. The molecular formula is C27H31FN4O5. The van der Waals surface area contributed by atoms with Crippen LogP contribution in [0.1, 0.15) is 71.4 Å². The van der Waals surface area contributed by atoms with Gasteiger partial charge in [0.15, 0.2) is 11.4 Å². The van der Waals surface area contributed by atoms with E-state index in [0.29, 0.717) is 37.4 Å². The van der Waals surface area contributed by atoms with Crippen molar-refractivity contribution in [3.8, 4) is 11.5 Å². The van der Waals surface area contributed by atoms with Crippen molar-refractivity contribution in [2.24, 2.45) is 0 Å². The van der Waals surface area contributed by atoms with E-state index in [1.165, 1.54) is 29.1 Å². The lowest BCUT2D eigenvalue weighted by Crippen LogP contribution is -2.59. The van der Waals surface area contributed by atoms with Gasteiger partial charge in [0.2, 0.25) is 5.43 Å². The first-order chi connectivity index (χ1) is 18.0. The number of carbonyl (C=O) groups excluding carboxylic acids is 2. The van der Waals surface area contributed by atoms with Crippen LogP contribution in [0.15, 0.2) is 41.3 Å². The molecule has 2 amide bonds. The number of nitrogens with zero attached hydrogens (tertiary/aromatic N) is 3. The number of rotatable bonds is 0. The molecule has 10 heteroatoms. The summed E-state index contributed by atoms with van der Waals surface area (Å²) < 4.78 is 21.1. The Morgan fingerprint density at radius 3 is 2.73 bits per heavy atom. The lowest BCUT2D eigenvalue weighted by molar-refractivity contribution is 0.0643. The fourth-order valence-corrected chi connectivity index (χ4v) is 5.25. The average molecular weight is 511 g/mol. The van der Waals surface area contributed by atoms with Crippen LogP contribution in [0.5, 0.6) is 11.5 Å². The van der Waals surface area contributed by atoms with Gasteiger partial charge in [-0.2, -0.15) is 0 Å². The van der Waals surface area contributed by atoms with Crippen molar-refractivity contribution in [2.45, 2.75) is 57.7 Å². The molecule has 2 bridgehead atoms. The maximum atomic E-state index is 13.9. The topological polar surface area (TPSA) is 104 Å². The Morgan fingerprint density at radius 2 is 1.86 bits per heavy atom. The first-order valence-electron chi connectivity index (χ1n) is 12.9. The van der Waals surface area contributed by atoms with Gasteiger partial charge in [-0.15, -0.1) is 0 Å². The molecule has 0 unspecified atom stereocenters. The summed E-state index contributed by atoms with van der Waals surface area (Å²) in [6, 6.07) is 4.07. The third-order valence-corrected chi connectivity index (χ3v) is 7.15. The highest BCUT2D eigenvalue weighted by Gasteiger charge is 2.42. The first kappa shape index (κ1) is 24.9. The van der Waals surface area contributed by atoms with E-state index in [1.807, 2.05) is 11.1 Å². The van der Waals surface area contributed by atoms with Crippen LogP contribution in [0.4, 0.5) is 4.39 Å². The van der Waals surface area contributed by atoms with E-state index in [9.17, 15) is 23.9 Å². The zero-order chi connectivity index (χ0) is 25.9. The van der Waals surface area contributed by atoms with Crippen LogP contribution in [-0.4, -0.2) is 52.4 Å². The Hall–Kier alpha value is -3.82. The van der Waals surface area contributed by atoms with Gasteiger partial charge in [0.25, 0.3) is 11.8 Å². The van der Waals surface area contributed by atoms with Crippen molar-refractivity contribution in [2.75, 3.05) is 24.7 Å². The molecule has 2 N–H and O–H groups in total. The molecule has 9 nitrogen and oxygen atoms in total. The van der Waals surface area contributed by atoms with Crippen LogP contribution >= 0.6 is 0 Å². The predicted molar refractivity (Wildman–Crippen MR) is 135 cm³/mol. The minimum absolute atomic E-state index is 0.00864. The summed E-state index contributed by atoms with van der Waals surface area (Å²) in [5.41, 5.74) is -0.723. The monoisotopic (exact) mass is 510 g/mol. The zero-order valence-corrected chi connectivity index (χ0v) is 20.6. The molecule has 4 heterocycles.